The molecule has 2 amide bonds. The van der Waals surface area contributed by atoms with Crippen molar-refractivity contribution in [1.82, 2.24) is 10.2 Å². The lowest BCUT2D eigenvalue weighted by Gasteiger charge is -2.33. The zero-order chi connectivity index (χ0) is 31.0. The van der Waals surface area contributed by atoms with Crippen molar-refractivity contribution in [3.63, 3.8) is 0 Å². The van der Waals surface area contributed by atoms with E-state index in [1.165, 1.54) is 17.0 Å². The number of rotatable bonds is 13. The van der Waals surface area contributed by atoms with E-state index in [1.807, 2.05) is 20.8 Å². The highest BCUT2D eigenvalue weighted by molar-refractivity contribution is 7.92. The molecule has 0 aromatic heterocycles. The second kappa shape index (κ2) is 15.1. The van der Waals surface area contributed by atoms with Crippen LogP contribution in [0, 0.1) is 13.8 Å². The number of aryl methyl sites for hydroxylation is 2. The van der Waals surface area contributed by atoms with Crippen LogP contribution in [0.4, 0.5) is 5.69 Å². The molecule has 0 radical (unpaired) electrons. The molecule has 11 heteroatoms. The van der Waals surface area contributed by atoms with Gasteiger partial charge in [0, 0.05) is 18.1 Å². The molecule has 7 nitrogen and oxygen atoms in total. The quantitative estimate of drug-likeness (QED) is 0.198. The van der Waals surface area contributed by atoms with Crippen molar-refractivity contribution in [3.8, 4) is 0 Å². The number of benzene rings is 3. The summed E-state index contributed by atoms with van der Waals surface area (Å²) in [6.07, 6.45) is 2.01. The van der Waals surface area contributed by atoms with Gasteiger partial charge in [-0.05, 0) is 80.3 Å². The molecule has 0 aliphatic carbocycles. The van der Waals surface area contributed by atoms with Crippen LogP contribution in [0.15, 0.2) is 65.6 Å². The standard InChI is InChI=1S/C31H36Cl3N3O4S/c1-5-7-16-35-31(39)28(6-2)36(19-23-10-14-26(33)27(34)18-23)30(38)20-37(29-15-11-24(32)17-22(29)4)42(40,41)25-12-8-21(3)9-13-25/h8-15,17-18,28H,5-7,16,19-20H2,1-4H3,(H,35,39)/t28-/m1/s1. The number of halogens is 3. The Morgan fingerprint density at radius 1 is 0.905 bits per heavy atom. The van der Waals surface area contributed by atoms with E-state index in [9.17, 15) is 18.0 Å². The zero-order valence-corrected chi connectivity index (χ0v) is 27.2. The van der Waals surface area contributed by atoms with Gasteiger partial charge in [0.1, 0.15) is 12.6 Å². The Hall–Kier alpha value is -2.78. The summed E-state index contributed by atoms with van der Waals surface area (Å²) in [5.41, 5.74) is 2.43. The first-order chi connectivity index (χ1) is 19.9. The Kier molecular flexibility index (Phi) is 12.1. The highest BCUT2D eigenvalue weighted by Crippen LogP contribution is 2.30. The van der Waals surface area contributed by atoms with Crippen molar-refractivity contribution >= 4 is 62.3 Å². The van der Waals surface area contributed by atoms with Gasteiger partial charge >= 0.3 is 0 Å². The first-order valence-electron chi connectivity index (χ1n) is 13.8. The predicted octanol–water partition coefficient (Wildman–Crippen LogP) is 7.18. The lowest BCUT2D eigenvalue weighted by molar-refractivity contribution is -0.140. The summed E-state index contributed by atoms with van der Waals surface area (Å²) < 4.78 is 29.2. The van der Waals surface area contributed by atoms with Crippen LogP contribution in [0.3, 0.4) is 0 Å². The van der Waals surface area contributed by atoms with Crippen LogP contribution in [0.1, 0.15) is 49.8 Å². The van der Waals surface area contributed by atoms with E-state index in [4.69, 9.17) is 34.8 Å². The van der Waals surface area contributed by atoms with Gasteiger partial charge in [0.25, 0.3) is 10.0 Å². The lowest BCUT2D eigenvalue weighted by Crippen LogP contribution is -2.52. The molecule has 0 aliphatic heterocycles. The summed E-state index contributed by atoms with van der Waals surface area (Å²) in [5.74, 6) is -0.862. The van der Waals surface area contributed by atoms with Crippen LogP contribution in [0.2, 0.25) is 15.1 Å². The number of nitrogens with zero attached hydrogens (tertiary/aromatic N) is 2. The van der Waals surface area contributed by atoms with Gasteiger partial charge in [0.15, 0.2) is 0 Å². The van der Waals surface area contributed by atoms with Crippen LogP contribution in [-0.2, 0) is 26.2 Å². The first kappa shape index (κ1) is 33.7. The fraction of sp³-hybridized carbons (Fsp3) is 0.355. The molecule has 0 spiro atoms. The lowest BCUT2D eigenvalue weighted by atomic mass is 10.1. The minimum absolute atomic E-state index is 0.0213. The zero-order valence-electron chi connectivity index (χ0n) is 24.2. The van der Waals surface area contributed by atoms with E-state index in [0.29, 0.717) is 44.8 Å². The summed E-state index contributed by atoms with van der Waals surface area (Å²) in [6.45, 7) is 7.37. The molecule has 42 heavy (non-hydrogen) atoms. The normalized spacial score (nSPS) is 12.1. The third-order valence-electron chi connectivity index (χ3n) is 6.87. The predicted molar refractivity (Wildman–Crippen MR) is 171 cm³/mol. The Morgan fingerprint density at radius 3 is 2.19 bits per heavy atom. The van der Waals surface area contributed by atoms with Crippen LogP contribution >= 0.6 is 34.8 Å². The summed E-state index contributed by atoms with van der Waals surface area (Å²) in [4.78, 5) is 28.9. The molecule has 3 rings (SSSR count). The van der Waals surface area contributed by atoms with Gasteiger partial charge < -0.3 is 10.2 Å². The largest absolute Gasteiger partial charge is 0.354 e. The highest BCUT2D eigenvalue weighted by atomic mass is 35.5. The second-order valence-electron chi connectivity index (χ2n) is 10.1. The second-order valence-corrected chi connectivity index (χ2v) is 13.2. The SMILES string of the molecule is CCCCNC(=O)[C@@H](CC)N(Cc1ccc(Cl)c(Cl)c1)C(=O)CN(c1ccc(Cl)cc1C)S(=O)(=O)c1ccc(C)cc1. The maximum absolute atomic E-state index is 14.2. The Bertz CT molecular complexity index is 1510. The number of sulfonamides is 1. The van der Waals surface area contributed by atoms with Crippen molar-refractivity contribution < 1.29 is 18.0 Å². The molecule has 226 valence electrons. The van der Waals surface area contributed by atoms with E-state index < -0.39 is 28.5 Å². The van der Waals surface area contributed by atoms with Gasteiger partial charge in [-0.25, -0.2) is 8.42 Å². The molecular formula is C31H36Cl3N3O4S. The van der Waals surface area contributed by atoms with E-state index >= 15 is 0 Å². The van der Waals surface area contributed by atoms with Crippen molar-refractivity contribution in [2.24, 2.45) is 0 Å². The topological polar surface area (TPSA) is 86.8 Å². The number of hydrogen-bond acceptors (Lipinski definition) is 4. The van der Waals surface area contributed by atoms with E-state index in [0.717, 1.165) is 22.7 Å². The Labute approximate surface area is 263 Å². The van der Waals surface area contributed by atoms with Crippen molar-refractivity contribution in [1.29, 1.82) is 0 Å². The molecule has 3 aromatic carbocycles. The maximum atomic E-state index is 14.2. The van der Waals surface area contributed by atoms with Crippen molar-refractivity contribution in [3.05, 3.63) is 92.4 Å². The molecule has 0 unspecified atom stereocenters. The molecular weight excluding hydrogens is 617 g/mol. The number of anilines is 1. The van der Waals surface area contributed by atoms with Gasteiger partial charge in [0.2, 0.25) is 11.8 Å². The smallest absolute Gasteiger partial charge is 0.264 e. The Balaban J connectivity index is 2.08. The molecule has 1 N–H and O–H groups in total. The summed E-state index contributed by atoms with van der Waals surface area (Å²) in [6, 6.07) is 15.4. The average Bonchev–Trinajstić information content (AvgIpc) is 2.94. The van der Waals surface area contributed by atoms with Gasteiger partial charge in [-0.15, -0.1) is 0 Å². The van der Waals surface area contributed by atoms with Crippen LogP contribution in [0.5, 0.6) is 0 Å². The molecule has 0 heterocycles. The Morgan fingerprint density at radius 2 is 1.60 bits per heavy atom. The molecule has 0 aliphatic rings. The molecule has 0 bridgehead atoms. The molecule has 3 aromatic rings. The molecule has 0 saturated carbocycles. The number of hydrogen-bond donors (Lipinski definition) is 1. The third-order valence-corrected chi connectivity index (χ3v) is 9.62. The fourth-order valence-corrected chi connectivity index (χ4v) is 6.54. The third kappa shape index (κ3) is 8.40. The fourth-order valence-electron chi connectivity index (χ4n) is 4.51. The molecule has 1 atom stereocenters. The monoisotopic (exact) mass is 651 g/mol. The van der Waals surface area contributed by atoms with E-state index in [-0.39, 0.29) is 17.3 Å². The average molecular weight is 653 g/mol. The van der Waals surface area contributed by atoms with Crippen LogP contribution in [0.25, 0.3) is 0 Å². The van der Waals surface area contributed by atoms with Gasteiger partial charge in [-0.3, -0.25) is 13.9 Å². The van der Waals surface area contributed by atoms with Crippen molar-refractivity contribution in [2.75, 3.05) is 17.4 Å². The molecule has 0 saturated heterocycles. The number of carbonyl (C=O) groups is 2. The summed E-state index contributed by atoms with van der Waals surface area (Å²) in [5, 5.41) is 4.01. The number of carbonyl (C=O) groups excluding carboxylic acids is 2. The number of nitrogens with one attached hydrogen (secondary N) is 1. The minimum Gasteiger partial charge on any atom is -0.354 e. The van der Waals surface area contributed by atoms with Crippen molar-refractivity contribution in [2.45, 2.75) is 64.4 Å². The number of unbranched alkanes of at least 4 members (excludes halogenated alkanes) is 1. The summed E-state index contributed by atoms with van der Waals surface area (Å²) in [7, 11) is -4.19. The van der Waals surface area contributed by atoms with Gasteiger partial charge in [-0.1, -0.05) is 78.8 Å². The van der Waals surface area contributed by atoms with Gasteiger partial charge in [-0.2, -0.15) is 0 Å². The molecule has 0 fully saturated rings. The van der Waals surface area contributed by atoms with E-state index in [1.54, 1.807) is 55.5 Å². The van der Waals surface area contributed by atoms with Gasteiger partial charge in [0.05, 0.1) is 20.6 Å². The minimum atomic E-state index is -4.19. The van der Waals surface area contributed by atoms with E-state index in [2.05, 4.69) is 5.32 Å². The first-order valence-corrected chi connectivity index (χ1v) is 16.3. The van der Waals surface area contributed by atoms with Crippen LogP contribution in [-0.4, -0.2) is 44.3 Å². The highest BCUT2D eigenvalue weighted by Gasteiger charge is 2.34. The number of amides is 2. The maximum Gasteiger partial charge on any atom is 0.264 e. The van der Waals surface area contributed by atoms with Crippen LogP contribution < -0.4 is 9.62 Å². The summed E-state index contributed by atoms with van der Waals surface area (Å²) >= 11 is 18.6.